The Morgan fingerprint density at radius 3 is 2.50 bits per heavy atom. The molecule has 0 spiro atoms. The minimum Gasteiger partial charge on any atom is -0.298 e. The molecule has 1 N–H and O–H groups in total. The van der Waals surface area contributed by atoms with Crippen LogP contribution >= 0.6 is 0 Å². The Bertz CT molecular complexity index is 1460. The van der Waals surface area contributed by atoms with Crippen molar-refractivity contribution in [3.05, 3.63) is 91.4 Å². The molecule has 0 saturated carbocycles. The summed E-state index contributed by atoms with van der Waals surface area (Å²) in [6.45, 7) is 4.37. The van der Waals surface area contributed by atoms with E-state index in [0.29, 0.717) is 23.6 Å². The van der Waals surface area contributed by atoms with Crippen LogP contribution in [0.2, 0.25) is 0 Å². The molecule has 4 aromatic rings. The maximum Gasteiger partial charge on any atom is 0.332 e. The van der Waals surface area contributed by atoms with E-state index >= 15 is 0 Å². The van der Waals surface area contributed by atoms with E-state index in [4.69, 9.17) is 0 Å². The molecule has 2 aromatic heterocycles. The van der Waals surface area contributed by atoms with Gasteiger partial charge in [-0.1, -0.05) is 35.9 Å². The van der Waals surface area contributed by atoms with E-state index in [2.05, 4.69) is 21.6 Å². The Balaban J connectivity index is 1.84. The summed E-state index contributed by atoms with van der Waals surface area (Å²) in [6, 6.07) is 12.0. The second-order valence-corrected chi connectivity index (χ2v) is 7.75. The third-order valence-corrected chi connectivity index (χ3v) is 5.43. The molecule has 2 heterocycles. The van der Waals surface area contributed by atoms with Gasteiger partial charge in [-0.2, -0.15) is 10.1 Å². The molecular formula is C23H23FN6O2. The largest absolute Gasteiger partial charge is 0.332 e. The van der Waals surface area contributed by atoms with Crippen molar-refractivity contribution < 1.29 is 4.39 Å². The molecule has 0 unspecified atom stereocenters. The highest BCUT2D eigenvalue weighted by Gasteiger charge is 2.19. The van der Waals surface area contributed by atoms with Crippen molar-refractivity contribution in [2.75, 3.05) is 5.43 Å². The molecule has 0 radical (unpaired) electrons. The van der Waals surface area contributed by atoms with Crippen molar-refractivity contribution in [1.82, 2.24) is 18.7 Å². The van der Waals surface area contributed by atoms with Crippen molar-refractivity contribution in [3.8, 4) is 0 Å². The molecule has 0 aliphatic rings. The first-order chi connectivity index (χ1) is 15.3. The SMILES string of the molecule is Cc1ccc(C)c(Cn2c(N/N=C/c3ccc(F)cc3)nc3c2c(=O)n(C)c(=O)n3C)c1. The van der Waals surface area contributed by atoms with E-state index in [0.717, 1.165) is 21.3 Å². The Labute approximate surface area is 183 Å². The van der Waals surface area contributed by atoms with Gasteiger partial charge < -0.3 is 0 Å². The highest BCUT2D eigenvalue weighted by Crippen LogP contribution is 2.20. The van der Waals surface area contributed by atoms with Gasteiger partial charge in [-0.25, -0.2) is 14.6 Å². The normalized spacial score (nSPS) is 11.5. The fraction of sp³-hybridized carbons (Fsp3) is 0.217. The van der Waals surface area contributed by atoms with E-state index in [1.807, 2.05) is 26.0 Å². The fourth-order valence-electron chi connectivity index (χ4n) is 3.54. The number of hydrogen-bond acceptors (Lipinski definition) is 5. The van der Waals surface area contributed by atoms with Crippen molar-refractivity contribution in [1.29, 1.82) is 0 Å². The third kappa shape index (κ3) is 3.84. The van der Waals surface area contributed by atoms with Gasteiger partial charge in [0.2, 0.25) is 5.95 Å². The first-order valence-electron chi connectivity index (χ1n) is 10.0. The molecule has 0 aliphatic heterocycles. The fourth-order valence-corrected chi connectivity index (χ4v) is 3.54. The van der Waals surface area contributed by atoms with E-state index < -0.39 is 11.2 Å². The van der Waals surface area contributed by atoms with E-state index in [9.17, 15) is 14.0 Å². The number of halogens is 1. The lowest BCUT2D eigenvalue weighted by Gasteiger charge is -2.12. The van der Waals surface area contributed by atoms with Crippen molar-refractivity contribution >= 4 is 23.3 Å². The van der Waals surface area contributed by atoms with E-state index in [1.165, 1.54) is 30.0 Å². The minimum atomic E-state index is -0.458. The lowest BCUT2D eigenvalue weighted by molar-refractivity contribution is 0.628. The molecule has 164 valence electrons. The molecule has 0 amide bonds. The first-order valence-corrected chi connectivity index (χ1v) is 10.0. The summed E-state index contributed by atoms with van der Waals surface area (Å²) in [5.74, 6) is -0.0141. The Morgan fingerprint density at radius 1 is 1.06 bits per heavy atom. The van der Waals surface area contributed by atoms with Gasteiger partial charge in [-0.15, -0.1) is 0 Å². The van der Waals surface area contributed by atoms with Crippen molar-refractivity contribution in [3.63, 3.8) is 0 Å². The number of rotatable bonds is 5. The molecule has 2 aromatic carbocycles. The number of hydrogen-bond donors (Lipinski definition) is 1. The molecule has 0 aliphatic carbocycles. The molecule has 0 saturated heterocycles. The second-order valence-electron chi connectivity index (χ2n) is 7.75. The van der Waals surface area contributed by atoms with Gasteiger partial charge in [0.15, 0.2) is 11.2 Å². The van der Waals surface area contributed by atoms with Crippen molar-refractivity contribution in [2.24, 2.45) is 19.2 Å². The summed E-state index contributed by atoms with van der Waals surface area (Å²) in [5.41, 5.74) is 6.43. The number of imidazole rings is 1. The highest BCUT2D eigenvalue weighted by molar-refractivity contribution is 5.80. The zero-order valence-electron chi connectivity index (χ0n) is 18.3. The van der Waals surface area contributed by atoms with Crippen LogP contribution in [0.5, 0.6) is 0 Å². The van der Waals surface area contributed by atoms with Gasteiger partial charge in [0.25, 0.3) is 5.56 Å². The Morgan fingerprint density at radius 2 is 1.78 bits per heavy atom. The van der Waals surface area contributed by atoms with E-state index in [1.54, 1.807) is 23.7 Å². The molecule has 32 heavy (non-hydrogen) atoms. The topological polar surface area (TPSA) is 86.2 Å². The van der Waals surface area contributed by atoms with Crippen LogP contribution in [-0.2, 0) is 20.6 Å². The van der Waals surface area contributed by atoms with Gasteiger partial charge in [-0.05, 0) is 42.7 Å². The van der Waals surface area contributed by atoms with Crippen LogP contribution in [0, 0.1) is 19.7 Å². The number of aryl methyl sites for hydroxylation is 3. The van der Waals surface area contributed by atoms with Crippen LogP contribution in [-0.4, -0.2) is 24.9 Å². The monoisotopic (exact) mass is 434 g/mol. The molecule has 0 atom stereocenters. The van der Waals surface area contributed by atoms with Gasteiger partial charge >= 0.3 is 5.69 Å². The van der Waals surface area contributed by atoms with Gasteiger partial charge in [0.05, 0.1) is 12.8 Å². The zero-order valence-corrected chi connectivity index (χ0v) is 18.3. The third-order valence-electron chi connectivity index (χ3n) is 5.43. The average Bonchev–Trinajstić information content (AvgIpc) is 3.13. The predicted octanol–water partition coefficient (Wildman–Crippen LogP) is 2.68. The van der Waals surface area contributed by atoms with Gasteiger partial charge in [-0.3, -0.25) is 18.5 Å². The summed E-state index contributed by atoms with van der Waals surface area (Å²) in [5, 5.41) is 4.21. The number of aromatic nitrogens is 4. The lowest BCUT2D eigenvalue weighted by atomic mass is 10.1. The van der Waals surface area contributed by atoms with Crippen LogP contribution in [0.4, 0.5) is 10.3 Å². The maximum absolute atomic E-state index is 13.1. The smallest absolute Gasteiger partial charge is 0.298 e. The van der Waals surface area contributed by atoms with Gasteiger partial charge in [0.1, 0.15) is 5.82 Å². The van der Waals surface area contributed by atoms with Crippen LogP contribution in [0.3, 0.4) is 0 Å². The lowest BCUT2D eigenvalue weighted by Crippen LogP contribution is -2.37. The summed E-state index contributed by atoms with van der Waals surface area (Å²) in [7, 11) is 3.02. The van der Waals surface area contributed by atoms with Crippen molar-refractivity contribution in [2.45, 2.75) is 20.4 Å². The molecule has 0 fully saturated rings. The highest BCUT2D eigenvalue weighted by atomic mass is 19.1. The molecular weight excluding hydrogens is 411 g/mol. The summed E-state index contributed by atoms with van der Waals surface area (Å²) in [4.78, 5) is 29.9. The van der Waals surface area contributed by atoms with Crippen LogP contribution < -0.4 is 16.7 Å². The Kier molecular flexibility index (Phi) is 5.48. The molecule has 9 heteroatoms. The number of nitrogens with zero attached hydrogens (tertiary/aromatic N) is 5. The Hall–Kier alpha value is -4.01. The van der Waals surface area contributed by atoms with Crippen LogP contribution in [0.1, 0.15) is 22.3 Å². The zero-order chi connectivity index (χ0) is 23.0. The van der Waals surface area contributed by atoms with E-state index in [-0.39, 0.29) is 11.5 Å². The van der Waals surface area contributed by atoms with Gasteiger partial charge in [0, 0.05) is 14.1 Å². The number of anilines is 1. The molecule has 8 nitrogen and oxygen atoms in total. The number of nitrogens with one attached hydrogen (secondary N) is 1. The molecule has 4 rings (SSSR count). The standard InChI is InChI=1S/C23H23FN6O2/c1-14-5-6-15(2)17(11-14)13-30-19-20(28(3)23(32)29(4)21(19)31)26-22(30)27-25-12-16-7-9-18(24)10-8-16/h5-12H,13H2,1-4H3,(H,26,27)/b25-12+. The maximum atomic E-state index is 13.1. The summed E-state index contributed by atoms with van der Waals surface area (Å²) in [6.07, 6.45) is 1.53. The predicted molar refractivity (Wildman–Crippen MR) is 123 cm³/mol. The second kappa shape index (κ2) is 8.26. The quantitative estimate of drug-likeness (QED) is 0.387. The first kappa shape index (κ1) is 21.2. The minimum absolute atomic E-state index is 0.267. The average molecular weight is 434 g/mol. The number of fused-ring (bicyclic) bond motifs is 1. The number of hydrazone groups is 1. The number of benzene rings is 2. The summed E-state index contributed by atoms with van der Waals surface area (Å²) < 4.78 is 17.2. The van der Waals surface area contributed by atoms with Crippen LogP contribution in [0.15, 0.2) is 57.2 Å². The summed E-state index contributed by atoms with van der Waals surface area (Å²) >= 11 is 0. The van der Waals surface area contributed by atoms with Crippen LogP contribution in [0.25, 0.3) is 11.2 Å². The molecule has 0 bridgehead atoms.